The molecular formula is C17H24F3N7O. The van der Waals surface area contributed by atoms with E-state index in [-0.39, 0.29) is 6.54 Å². The van der Waals surface area contributed by atoms with Gasteiger partial charge < -0.3 is 14.6 Å². The number of aromatic amines is 1. The molecule has 2 N–H and O–H groups in total. The lowest BCUT2D eigenvalue weighted by molar-refractivity contribution is -0.181. The summed E-state index contributed by atoms with van der Waals surface area (Å²) in [5.74, 6) is 2.24. The lowest BCUT2D eigenvalue weighted by Gasteiger charge is -2.39. The van der Waals surface area contributed by atoms with Crippen molar-refractivity contribution in [3.8, 4) is 11.6 Å². The molecule has 1 atom stereocenters. The number of nitrogens with zero attached hydrogens (tertiary/aromatic N) is 5. The number of hydrogen-bond donors (Lipinski definition) is 2. The van der Waals surface area contributed by atoms with E-state index in [2.05, 4.69) is 25.5 Å². The Bertz CT molecular complexity index is 764. The number of nitrogens with one attached hydrogen (secondary N) is 2. The number of guanidine groups is 1. The highest BCUT2D eigenvalue weighted by molar-refractivity contribution is 5.80. The molecule has 2 aromatic rings. The van der Waals surface area contributed by atoms with Crippen LogP contribution in [0.25, 0.3) is 11.6 Å². The van der Waals surface area contributed by atoms with Gasteiger partial charge in [-0.25, -0.2) is 9.98 Å². The molecule has 0 aromatic carbocycles. The van der Waals surface area contributed by atoms with Crippen molar-refractivity contribution in [2.75, 3.05) is 32.7 Å². The molecule has 0 spiro atoms. The molecule has 154 valence electrons. The van der Waals surface area contributed by atoms with Crippen molar-refractivity contribution in [3.05, 3.63) is 24.2 Å². The Kier molecular flexibility index (Phi) is 6.22. The maximum absolute atomic E-state index is 12.9. The normalized spacial score (nSPS) is 17.8. The van der Waals surface area contributed by atoms with Gasteiger partial charge in [0.2, 0.25) is 5.82 Å². The molecule has 1 aliphatic heterocycles. The second-order valence-electron chi connectivity index (χ2n) is 6.49. The van der Waals surface area contributed by atoms with E-state index in [4.69, 9.17) is 4.42 Å². The van der Waals surface area contributed by atoms with Crippen LogP contribution in [-0.4, -0.2) is 75.9 Å². The van der Waals surface area contributed by atoms with Gasteiger partial charge in [-0.2, -0.15) is 13.2 Å². The van der Waals surface area contributed by atoms with Crippen LogP contribution >= 0.6 is 0 Å². The van der Waals surface area contributed by atoms with Crippen LogP contribution in [0.3, 0.4) is 0 Å². The standard InChI is InChI=1S/C17H24F3N7O/c1-3-21-16(27-8-6-26(7-9-27)12(2)17(18,19)20)22-11-14-23-15(25-24-14)13-5-4-10-28-13/h4-5,10,12H,3,6-9,11H2,1-2H3,(H,21,22)(H,23,24,25). The molecule has 11 heteroatoms. The first-order valence-corrected chi connectivity index (χ1v) is 9.17. The fourth-order valence-electron chi connectivity index (χ4n) is 2.99. The van der Waals surface area contributed by atoms with Gasteiger partial charge in [0.1, 0.15) is 18.4 Å². The van der Waals surface area contributed by atoms with Crippen LogP contribution in [-0.2, 0) is 6.54 Å². The summed E-state index contributed by atoms with van der Waals surface area (Å²) >= 11 is 0. The van der Waals surface area contributed by atoms with Gasteiger partial charge in [0.15, 0.2) is 11.7 Å². The minimum Gasteiger partial charge on any atom is -0.461 e. The number of halogens is 3. The average molecular weight is 399 g/mol. The monoisotopic (exact) mass is 399 g/mol. The van der Waals surface area contributed by atoms with Gasteiger partial charge in [0.05, 0.1) is 6.26 Å². The molecule has 1 unspecified atom stereocenters. The van der Waals surface area contributed by atoms with Crippen LogP contribution < -0.4 is 5.32 Å². The van der Waals surface area contributed by atoms with Gasteiger partial charge in [-0.15, -0.1) is 5.10 Å². The predicted octanol–water partition coefficient (Wildman–Crippen LogP) is 2.10. The summed E-state index contributed by atoms with van der Waals surface area (Å²) < 4.78 is 44.0. The number of piperazine rings is 1. The molecule has 0 aliphatic carbocycles. The number of H-pyrrole nitrogens is 1. The summed E-state index contributed by atoms with van der Waals surface area (Å²) in [4.78, 5) is 12.3. The zero-order valence-electron chi connectivity index (χ0n) is 15.8. The molecular weight excluding hydrogens is 375 g/mol. The third kappa shape index (κ3) is 4.83. The number of hydrogen-bond acceptors (Lipinski definition) is 5. The number of aromatic nitrogens is 3. The van der Waals surface area contributed by atoms with Gasteiger partial charge in [0, 0.05) is 32.7 Å². The second-order valence-corrected chi connectivity index (χ2v) is 6.49. The van der Waals surface area contributed by atoms with Crippen LogP contribution in [0.4, 0.5) is 13.2 Å². The SMILES string of the molecule is CCNC(=NCc1nc(-c2ccco2)n[nH]1)N1CCN(C(C)C(F)(F)F)CC1. The fourth-order valence-corrected chi connectivity index (χ4v) is 2.99. The number of furan rings is 1. The summed E-state index contributed by atoms with van der Waals surface area (Å²) in [7, 11) is 0. The molecule has 28 heavy (non-hydrogen) atoms. The van der Waals surface area contributed by atoms with Crippen LogP contribution in [0.15, 0.2) is 27.8 Å². The fraction of sp³-hybridized carbons (Fsp3) is 0.588. The van der Waals surface area contributed by atoms with E-state index in [1.54, 1.807) is 18.4 Å². The Morgan fingerprint density at radius 3 is 2.71 bits per heavy atom. The van der Waals surface area contributed by atoms with E-state index >= 15 is 0 Å². The first kappa shape index (κ1) is 20.2. The molecule has 0 bridgehead atoms. The molecule has 0 saturated carbocycles. The minimum absolute atomic E-state index is 0.273. The Labute approximate surface area is 160 Å². The van der Waals surface area contributed by atoms with Crippen LogP contribution in [0.1, 0.15) is 19.7 Å². The van der Waals surface area contributed by atoms with E-state index in [0.29, 0.717) is 56.1 Å². The summed E-state index contributed by atoms with van der Waals surface area (Å²) in [6.07, 6.45) is -2.66. The maximum atomic E-state index is 12.9. The molecule has 1 fully saturated rings. The zero-order valence-corrected chi connectivity index (χ0v) is 15.8. The first-order valence-electron chi connectivity index (χ1n) is 9.17. The predicted molar refractivity (Wildman–Crippen MR) is 97.6 cm³/mol. The maximum Gasteiger partial charge on any atom is 0.403 e. The summed E-state index contributed by atoms with van der Waals surface area (Å²) in [6, 6.07) is 2.08. The quantitative estimate of drug-likeness (QED) is 0.592. The highest BCUT2D eigenvalue weighted by atomic mass is 19.4. The molecule has 2 aromatic heterocycles. The van der Waals surface area contributed by atoms with Gasteiger partial charge in [-0.3, -0.25) is 10.00 Å². The molecule has 3 rings (SSSR count). The lowest BCUT2D eigenvalue weighted by Crippen LogP contribution is -2.56. The highest BCUT2D eigenvalue weighted by Gasteiger charge is 2.41. The van der Waals surface area contributed by atoms with E-state index in [1.165, 1.54) is 11.8 Å². The Hall–Kier alpha value is -2.56. The van der Waals surface area contributed by atoms with Crippen LogP contribution in [0, 0.1) is 0 Å². The van der Waals surface area contributed by atoms with Crippen molar-refractivity contribution in [2.24, 2.45) is 4.99 Å². The van der Waals surface area contributed by atoms with Crippen molar-refractivity contribution in [3.63, 3.8) is 0 Å². The minimum atomic E-state index is -4.21. The number of rotatable bonds is 5. The second kappa shape index (κ2) is 8.63. The Morgan fingerprint density at radius 1 is 1.36 bits per heavy atom. The molecule has 8 nitrogen and oxygen atoms in total. The molecule has 1 aliphatic rings. The Morgan fingerprint density at radius 2 is 2.11 bits per heavy atom. The average Bonchev–Trinajstić information content (AvgIpc) is 3.35. The van der Waals surface area contributed by atoms with E-state index < -0.39 is 12.2 Å². The van der Waals surface area contributed by atoms with Gasteiger partial charge >= 0.3 is 6.18 Å². The number of alkyl halides is 3. The van der Waals surface area contributed by atoms with Crippen LogP contribution in [0.2, 0.25) is 0 Å². The molecule has 1 saturated heterocycles. The molecule has 0 radical (unpaired) electrons. The van der Waals surface area contributed by atoms with E-state index in [1.807, 2.05) is 11.8 Å². The first-order chi connectivity index (χ1) is 13.4. The zero-order chi connectivity index (χ0) is 20.1. The third-order valence-electron chi connectivity index (χ3n) is 4.62. The van der Waals surface area contributed by atoms with Crippen molar-refractivity contribution < 1.29 is 17.6 Å². The summed E-state index contributed by atoms with van der Waals surface area (Å²) in [5, 5.41) is 10.1. The van der Waals surface area contributed by atoms with E-state index in [0.717, 1.165) is 0 Å². The van der Waals surface area contributed by atoms with Crippen LogP contribution in [0.5, 0.6) is 0 Å². The molecule has 0 amide bonds. The topological polar surface area (TPSA) is 85.6 Å². The summed E-state index contributed by atoms with van der Waals surface area (Å²) in [5.41, 5.74) is 0. The van der Waals surface area contributed by atoms with Gasteiger partial charge in [-0.1, -0.05) is 0 Å². The van der Waals surface area contributed by atoms with E-state index in [9.17, 15) is 13.2 Å². The van der Waals surface area contributed by atoms with Gasteiger partial charge in [-0.05, 0) is 26.0 Å². The van der Waals surface area contributed by atoms with Gasteiger partial charge in [0.25, 0.3) is 0 Å². The van der Waals surface area contributed by atoms with Crippen molar-refractivity contribution in [1.82, 2.24) is 30.3 Å². The highest BCUT2D eigenvalue weighted by Crippen LogP contribution is 2.25. The smallest absolute Gasteiger partial charge is 0.403 e. The Balaban J connectivity index is 1.61. The number of aliphatic imine (C=N–C) groups is 1. The third-order valence-corrected chi connectivity index (χ3v) is 4.62. The largest absolute Gasteiger partial charge is 0.461 e. The van der Waals surface area contributed by atoms with Crippen molar-refractivity contribution >= 4 is 5.96 Å². The van der Waals surface area contributed by atoms with Crippen molar-refractivity contribution in [1.29, 1.82) is 0 Å². The van der Waals surface area contributed by atoms with Crippen molar-refractivity contribution in [2.45, 2.75) is 32.6 Å². The lowest BCUT2D eigenvalue weighted by atomic mass is 10.2. The summed E-state index contributed by atoms with van der Waals surface area (Å²) in [6.45, 7) is 5.68. The molecule has 3 heterocycles.